The van der Waals surface area contributed by atoms with E-state index in [9.17, 15) is 9.59 Å². The number of fused-ring (bicyclic) bond motifs is 1. The van der Waals surface area contributed by atoms with Gasteiger partial charge in [0, 0.05) is 10.9 Å². The van der Waals surface area contributed by atoms with Gasteiger partial charge in [0.2, 0.25) is 5.91 Å². The number of aryl methyl sites for hydroxylation is 1. The van der Waals surface area contributed by atoms with Crippen LogP contribution in [0.5, 0.6) is 0 Å². The van der Waals surface area contributed by atoms with Crippen molar-refractivity contribution in [1.82, 2.24) is 14.5 Å². The number of nitrogens with one attached hydrogen (secondary N) is 1. The summed E-state index contributed by atoms with van der Waals surface area (Å²) in [5, 5.41) is 7.00. The van der Waals surface area contributed by atoms with E-state index in [1.807, 2.05) is 22.9 Å². The SMILES string of the molecule is CCCc1ccc(-c2csc(NC(=O)Cn3cnc4ccsc4c3=O)n2)cc1. The van der Waals surface area contributed by atoms with Gasteiger partial charge in [0.25, 0.3) is 5.56 Å². The van der Waals surface area contributed by atoms with E-state index in [0.717, 1.165) is 24.1 Å². The summed E-state index contributed by atoms with van der Waals surface area (Å²) in [6, 6.07) is 10.1. The van der Waals surface area contributed by atoms with E-state index >= 15 is 0 Å². The smallest absolute Gasteiger partial charge is 0.271 e. The summed E-state index contributed by atoms with van der Waals surface area (Å²) in [6.45, 7) is 2.06. The number of rotatable bonds is 6. The van der Waals surface area contributed by atoms with Crippen molar-refractivity contribution in [3.63, 3.8) is 0 Å². The molecule has 4 rings (SSSR count). The number of aromatic nitrogens is 3. The van der Waals surface area contributed by atoms with Gasteiger partial charge in [0.15, 0.2) is 5.13 Å². The largest absolute Gasteiger partial charge is 0.300 e. The molecule has 3 heterocycles. The molecule has 3 aromatic heterocycles. The van der Waals surface area contributed by atoms with Gasteiger partial charge in [-0.2, -0.15) is 0 Å². The lowest BCUT2D eigenvalue weighted by molar-refractivity contribution is -0.116. The molecule has 0 saturated carbocycles. The van der Waals surface area contributed by atoms with E-state index in [4.69, 9.17) is 0 Å². The van der Waals surface area contributed by atoms with Gasteiger partial charge in [0.1, 0.15) is 11.2 Å². The highest BCUT2D eigenvalue weighted by Gasteiger charge is 2.11. The minimum Gasteiger partial charge on any atom is -0.300 e. The lowest BCUT2D eigenvalue weighted by atomic mass is 10.1. The summed E-state index contributed by atoms with van der Waals surface area (Å²) in [4.78, 5) is 33.4. The summed E-state index contributed by atoms with van der Waals surface area (Å²) >= 11 is 2.69. The molecule has 0 saturated heterocycles. The van der Waals surface area contributed by atoms with Crippen LogP contribution in [-0.4, -0.2) is 20.4 Å². The van der Waals surface area contributed by atoms with Gasteiger partial charge in [-0.25, -0.2) is 9.97 Å². The summed E-state index contributed by atoms with van der Waals surface area (Å²) in [7, 11) is 0. The average molecular weight is 411 g/mol. The standard InChI is InChI=1S/C20H18N4O2S2/c1-2-3-13-4-6-14(7-5-13)16-11-28-20(22-16)23-17(25)10-24-12-21-15-8-9-27-18(15)19(24)26/h4-9,11-12H,2-3,10H2,1H3,(H,22,23,25). The summed E-state index contributed by atoms with van der Waals surface area (Å²) in [5.74, 6) is -0.306. The molecule has 0 unspecified atom stereocenters. The van der Waals surface area contributed by atoms with Gasteiger partial charge in [-0.3, -0.25) is 14.2 Å². The molecule has 0 atom stereocenters. The number of nitrogens with zero attached hydrogens (tertiary/aromatic N) is 3. The van der Waals surface area contributed by atoms with Crippen LogP contribution in [0.2, 0.25) is 0 Å². The van der Waals surface area contributed by atoms with E-state index < -0.39 is 0 Å². The molecule has 0 fully saturated rings. The third-order valence-electron chi connectivity index (χ3n) is 4.29. The Labute approximate surface area is 169 Å². The Morgan fingerprint density at radius 2 is 2.00 bits per heavy atom. The maximum atomic E-state index is 12.4. The lowest BCUT2D eigenvalue weighted by Gasteiger charge is -2.05. The quantitative estimate of drug-likeness (QED) is 0.517. The molecule has 1 amide bonds. The highest BCUT2D eigenvalue weighted by molar-refractivity contribution is 7.17. The van der Waals surface area contributed by atoms with Crippen LogP contribution >= 0.6 is 22.7 Å². The van der Waals surface area contributed by atoms with Crippen molar-refractivity contribution in [2.45, 2.75) is 26.3 Å². The molecule has 6 nitrogen and oxygen atoms in total. The predicted molar refractivity (Wildman–Crippen MR) is 114 cm³/mol. The monoisotopic (exact) mass is 410 g/mol. The van der Waals surface area contributed by atoms with Gasteiger partial charge in [-0.15, -0.1) is 22.7 Å². The molecule has 0 aliphatic rings. The predicted octanol–water partition coefficient (Wildman–Crippen LogP) is 4.17. The van der Waals surface area contributed by atoms with Crippen LogP contribution in [-0.2, 0) is 17.8 Å². The van der Waals surface area contributed by atoms with Crippen molar-refractivity contribution in [3.8, 4) is 11.3 Å². The number of amides is 1. The third kappa shape index (κ3) is 3.88. The zero-order valence-electron chi connectivity index (χ0n) is 15.2. The first-order valence-corrected chi connectivity index (χ1v) is 10.7. The minimum absolute atomic E-state index is 0.0969. The second-order valence-corrected chi connectivity index (χ2v) is 8.12. The zero-order chi connectivity index (χ0) is 19.5. The molecule has 1 N–H and O–H groups in total. The number of benzene rings is 1. The fourth-order valence-electron chi connectivity index (χ4n) is 2.90. The molecule has 8 heteroatoms. The Balaban J connectivity index is 1.45. The van der Waals surface area contributed by atoms with Crippen molar-refractivity contribution in [1.29, 1.82) is 0 Å². The zero-order valence-corrected chi connectivity index (χ0v) is 16.8. The number of hydrogen-bond donors (Lipinski definition) is 1. The van der Waals surface area contributed by atoms with Crippen molar-refractivity contribution in [2.75, 3.05) is 5.32 Å². The molecular formula is C20H18N4O2S2. The number of anilines is 1. The first-order valence-electron chi connectivity index (χ1n) is 8.91. The van der Waals surface area contributed by atoms with E-state index in [2.05, 4.69) is 34.3 Å². The topological polar surface area (TPSA) is 76.9 Å². The average Bonchev–Trinajstić information content (AvgIpc) is 3.35. The summed E-state index contributed by atoms with van der Waals surface area (Å²) < 4.78 is 1.87. The van der Waals surface area contributed by atoms with Gasteiger partial charge >= 0.3 is 0 Å². The van der Waals surface area contributed by atoms with Crippen LogP contribution in [0.1, 0.15) is 18.9 Å². The van der Waals surface area contributed by atoms with Gasteiger partial charge < -0.3 is 5.32 Å². The lowest BCUT2D eigenvalue weighted by Crippen LogP contribution is -2.27. The molecule has 1 aromatic carbocycles. The molecule has 4 aromatic rings. The maximum Gasteiger partial charge on any atom is 0.271 e. The fraction of sp³-hybridized carbons (Fsp3) is 0.200. The van der Waals surface area contributed by atoms with Gasteiger partial charge in [-0.05, 0) is 23.4 Å². The Morgan fingerprint density at radius 1 is 1.18 bits per heavy atom. The summed E-state index contributed by atoms with van der Waals surface area (Å²) in [6.07, 6.45) is 3.58. The minimum atomic E-state index is -0.306. The number of carbonyl (C=O) groups is 1. The molecule has 0 aliphatic carbocycles. The Kier molecular flexibility index (Phi) is 5.31. The molecule has 142 valence electrons. The molecule has 28 heavy (non-hydrogen) atoms. The molecular weight excluding hydrogens is 392 g/mol. The second kappa shape index (κ2) is 8.04. The van der Waals surface area contributed by atoms with Crippen LogP contribution < -0.4 is 10.9 Å². The van der Waals surface area contributed by atoms with Crippen LogP contribution in [0, 0.1) is 0 Å². The number of carbonyl (C=O) groups excluding carboxylic acids is 1. The molecule has 0 aliphatic heterocycles. The number of thiazole rings is 1. The van der Waals surface area contributed by atoms with Gasteiger partial charge in [-0.1, -0.05) is 37.6 Å². The van der Waals surface area contributed by atoms with E-state index in [-0.39, 0.29) is 18.0 Å². The second-order valence-electron chi connectivity index (χ2n) is 6.35. The number of hydrogen-bond acceptors (Lipinski definition) is 6. The highest BCUT2D eigenvalue weighted by Crippen LogP contribution is 2.25. The first kappa shape index (κ1) is 18.5. The van der Waals surface area contributed by atoms with Crippen molar-refractivity contribution < 1.29 is 4.79 Å². The van der Waals surface area contributed by atoms with Crippen LogP contribution in [0.3, 0.4) is 0 Å². The van der Waals surface area contributed by atoms with Crippen molar-refractivity contribution in [2.24, 2.45) is 0 Å². The normalized spacial score (nSPS) is 11.0. The van der Waals surface area contributed by atoms with Crippen LogP contribution in [0.25, 0.3) is 21.5 Å². The Bertz CT molecular complexity index is 1170. The number of thiophene rings is 1. The van der Waals surface area contributed by atoms with Crippen molar-refractivity contribution in [3.05, 3.63) is 63.3 Å². The van der Waals surface area contributed by atoms with E-state index in [1.54, 1.807) is 6.07 Å². The van der Waals surface area contributed by atoms with Crippen LogP contribution in [0.15, 0.2) is 52.2 Å². The van der Waals surface area contributed by atoms with E-state index in [0.29, 0.717) is 15.3 Å². The van der Waals surface area contributed by atoms with Crippen LogP contribution in [0.4, 0.5) is 5.13 Å². The fourth-order valence-corrected chi connectivity index (χ4v) is 4.43. The van der Waals surface area contributed by atoms with Gasteiger partial charge in [0.05, 0.1) is 17.5 Å². The highest BCUT2D eigenvalue weighted by atomic mass is 32.1. The Hall–Kier alpha value is -2.84. The molecule has 0 radical (unpaired) electrons. The molecule has 0 bridgehead atoms. The van der Waals surface area contributed by atoms with Crippen molar-refractivity contribution >= 4 is 43.9 Å². The molecule has 0 spiro atoms. The first-order chi connectivity index (χ1) is 13.6. The van der Waals surface area contributed by atoms with E-state index in [1.165, 1.54) is 39.1 Å². The maximum absolute atomic E-state index is 12.4. The third-order valence-corrected chi connectivity index (χ3v) is 5.94. The summed E-state index contributed by atoms with van der Waals surface area (Å²) in [5.41, 5.74) is 3.59. The Morgan fingerprint density at radius 3 is 2.79 bits per heavy atom.